The number of benzene rings is 3. The van der Waals surface area contributed by atoms with Gasteiger partial charge in [0, 0.05) is 16.7 Å². The Morgan fingerprint density at radius 2 is 1.31 bits per heavy atom. The van der Waals surface area contributed by atoms with Crippen LogP contribution in [0.15, 0.2) is 66.7 Å². The van der Waals surface area contributed by atoms with Crippen LogP contribution in [0.1, 0.15) is 22.3 Å². The lowest BCUT2D eigenvalue weighted by atomic mass is 10.0. The van der Waals surface area contributed by atoms with Crippen molar-refractivity contribution >= 4 is 23.2 Å². The number of aryl methyl sites for hydroxylation is 2. The molecule has 0 atom stereocenters. The first-order valence-electron chi connectivity index (χ1n) is 9.58. The fourth-order valence-electron chi connectivity index (χ4n) is 3.54. The minimum absolute atomic E-state index is 0.559. The highest BCUT2D eigenvalue weighted by atomic mass is 35.5. The van der Waals surface area contributed by atoms with Gasteiger partial charge >= 0.3 is 0 Å². The zero-order chi connectivity index (χ0) is 20.5. The first-order chi connectivity index (χ1) is 13.9. The summed E-state index contributed by atoms with van der Waals surface area (Å²) < 4.78 is 2.06. The van der Waals surface area contributed by atoms with Crippen LogP contribution >= 0.6 is 23.2 Å². The van der Waals surface area contributed by atoms with Gasteiger partial charge in [-0.05, 0) is 38.5 Å². The Bertz CT molecular complexity index is 1160. The van der Waals surface area contributed by atoms with Crippen LogP contribution in [-0.4, -0.2) is 9.78 Å². The van der Waals surface area contributed by atoms with Gasteiger partial charge in [0.2, 0.25) is 0 Å². The van der Waals surface area contributed by atoms with Gasteiger partial charge in [0.15, 0.2) is 0 Å². The topological polar surface area (TPSA) is 17.8 Å². The highest BCUT2D eigenvalue weighted by molar-refractivity contribution is 6.42. The summed E-state index contributed by atoms with van der Waals surface area (Å²) in [6.45, 7) is 6.95. The van der Waals surface area contributed by atoms with Crippen LogP contribution in [0.2, 0.25) is 10.0 Å². The summed E-state index contributed by atoms with van der Waals surface area (Å²) in [5.74, 6) is 0. The molecule has 0 saturated carbocycles. The van der Waals surface area contributed by atoms with Crippen LogP contribution in [0.5, 0.6) is 0 Å². The van der Waals surface area contributed by atoms with E-state index in [9.17, 15) is 0 Å². The van der Waals surface area contributed by atoms with E-state index in [1.807, 2.05) is 18.2 Å². The monoisotopic (exact) mass is 420 g/mol. The summed E-state index contributed by atoms with van der Waals surface area (Å²) >= 11 is 12.3. The molecule has 0 unspecified atom stereocenters. The van der Waals surface area contributed by atoms with Crippen LogP contribution in [0, 0.1) is 20.8 Å². The van der Waals surface area contributed by atoms with Crippen molar-refractivity contribution in [2.75, 3.05) is 0 Å². The van der Waals surface area contributed by atoms with Crippen molar-refractivity contribution in [3.8, 4) is 22.5 Å². The van der Waals surface area contributed by atoms with Crippen molar-refractivity contribution in [3.05, 3.63) is 99.0 Å². The third kappa shape index (κ3) is 4.10. The van der Waals surface area contributed by atoms with E-state index in [0.29, 0.717) is 16.6 Å². The first-order valence-corrected chi connectivity index (χ1v) is 10.3. The Morgan fingerprint density at radius 1 is 0.724 bits per heavy atom. The molecule has 29 heavy (non-hydrogen) atoms. The molecular weight excluding hydrogens is 399 g/mol. The van der Waals surface area contributed by atoms with Gasteiger partial charge in [-0.3, -0.25) is 4.68 Å². The van der Waals surface area contributed by atoms with Gasteiger partial charge in [-0.25, -0.2) is 0 Å². The third-order valence-electron chi connectivity index (χ3n) is 5.16. The lowest BCUT2D eigenvalue weighted by molar-refractivity contribution is 0.696. The van der Waals surface area contributed by atoms with Crippen LogP contribution in [-0.2, 0) is 6.54 Å². The minimum Gasteiger partial charge on any atom is -0.260 e. The summed E-state index contributed by atoms with van der Waals surface area (Å²) in [6, 6.07) is 22.8. The minimum atomic E-state index is 0.559. The Hall–Kier alpha value is -2.55. The van der Waals surface area contributed by atoms with Crippen molar-refractivity contribution in [2.45, 2.75) is 27.3 Å². The second-order valence-corrected chi connectivity index (χ2v) is 8.27. The quantitative estimate of drug-likeness (QED) is 0.334. The van der Waals surface area contributed by atoms with E-state index >= 15 is 0 Å². The summed E-state index contributed by atoms with van der Waals surface area (Å²) in [5.41, 5.74) is 9.09. The standard InChI is InChI=1S/C25H22Cl2N2/c1-16-4-9-20(10-5-16)24-18(3)25(21-11-6-17(2)7-12-21)29(28-24)15-19-8-13-22(26)23(27)14-19/h4-14H,15H2,1-3H3. The predicted molar refractivity (Wildman–Crippen MR) is 123 cm³/mol. The molecule has 0 spiro atoms. The highest BCUT2D eigenvalue weighted by Gasteiger charge is 2.18. The van der Waals surface area contributed by atoms with Crippen molar-refractivity contribution in [1.29, 1.82) is 0 Å². The summed E-state index contributed by atoms with van der Waals surface area (Å²) in [6.07, 6.45) is 0. The van der Waals surface area contributed by atoms with Crippen LogP contribution in [0.3, 0.4) is 0 Å². The van der Waals surface area contributed by atoms with E-state index in [1.165, 1.54) is 11.1 Å². The average Bonchev–Trinajstić information content (AvgIpc) is 3.02. The highest BCUT2D eigenvalue weighted by Crippen LogP contribution is 2.33. The number of rotatable bonds is 4. The molecule has 0 fully saturated rings. The average molecular weight is 421 g/mol. The molecule has 0 aliphatic rings. The summed E-state index contributed by atoms with van der Waals surface area (Å²) in [7, 11) is 0. The molecule has 1 aromatic heterocycles. The molecule has 2 nitrogen and oxygen atoms in total. The van der Waals surface area contributed by atoms with Crippen molar-refractivity contribution in [3.63, 3.8) is 0 Å². The summed E-state index contributed by atoms with van der Waals surface area (Å²) in [4.78, 5) is 0. The molecule has 4 rings (SSSR count). The predicted octanol–water partition coefficient (Wildman–Crippen LogP) is 7.50. The van der Waals surface area contributed by atoms with Crippen molar-refractivity contribution in [1.82, 2.24) is 9.78 Å². The number of hydrogen-bond donors (Lipinski definition) is 0. The van der Waals surface area contributed by atoms with E-state index in [1.54, 1.807) is 0 Å². The molecule has 0 aliphatic carbocycles. The fourth-order valence-corrected chi connectivity index (χ4v) is 3.86. The van der Waals surface area contributed by atoms with Gasteiger partial charge in [-0.2, -0.15) is 5.10 Å². The third-order valence-corrected chi connectivity index (χ3v) is 5.89. The smallest absolute Gasteiger partial charge is 0.0959 e. The van der Waals surface area contributed by atoms with Gasteiger partial charge in [0.05, 0.1) is 28.0 Å². The van der Waals surface area contributed by atoms with E-state index in [-0.39, 0.29) is 0 Å². The molecule has 146 valence electrons. The van der Waals surface area contributed by atoms with Gasteiger partial charge in [-0.1, -0.05) is 88.9 Å². The van der Waals surface area contributed by atoms with Gasteiger partial charge in [0.1, 0.15) is 0 Å². The SMILES string of the molecule is Cc1ccc(-c2nn(Cc3ccc(Cl)c(Cl)c3)c(-c3ccc(C)cc3)c2C)cc1. The van der Waals surface area contributed by atoms with Crippen LogP contribution in [0.4, 0.5) is 0 Å². The van der Waals surface area contributed by atoms with E-state index < -0.39 is 0 Å². The molecule has 0 radical (unpaired) electrons. The Morgan fingerprint density at radius 3 is 1.90 bits per heavy atom. The fraction of sp³-hybridized carbons (Fsp3) is 0.160. The molecule has 4 heteroatoms. The largest absolute Gasteiger partial charge is 0.260 e. The second-order valence-electron chi connectivity index (χ2n) is 7.46. The van der Waals surface area contributed by atoms with E-state index in [2.05, 4.69) is 74.0 Å². The molecule has 0 bridgehead atoms. The molecule has 3 aromatic carbocycles. The molecule has 1 heterocycles. The maximum atomic E-state index is 6.24. The maximum absolute atomic E-state index is 6.24. The molecule has 0 N–H and O–H groups in total. The van der Waals surface area contributed by atoms with Gasteiger partial charge < -0.3 is 0 Å². The van der Waals surface area contributed by atoms with Gasteiger partial charge in [-0.15, -0.1) is 0 Å². The zero-order valence-electron chi connectivity index (χ0n) is 16.7. The van der Waals surface area contributed by atoms with Crippen LogP contribution in [0.25, 0.3) is 22.5 Å². The lowest BCUT2D eigenvalue weighted by Crippen LogP contribution is -2.04. The Kier molecular flexibility index (Phi) is 5.49. The molecule has 0 amide bonds. The number of halogens is 2. The first kappa shape index (κ1) is 19.8. The van der Waals surface area contributed by atoms with E-state index in [0.717, 1.165) is 33.6 Å². The Labute approximate surface area is 181 Å². The van der Waals surface area contributed by atoms with Crippen LogP contribution < -0.4 is 0 Å². The molecule has 0 saturated heterocycles. The second kappa shape index (κ2) is 8.06. The summed E-state index contributed by atoms with van der Waals surface area (Å²) in [5, 5.41) is 6.12. The maximum Gasteiger partial charge on any atom is 0.0959 e. The Balaban J connectivity index is 1.85. The molecule has 4 aromatic rings. The van der Waals surface area contributed by atoms with Crippen molar-refractivity contribution < 1.29 is 0 Å². The zero-order valence-corrected chi connectivity index (χ0v) is 18.2. The molecular formula is C25H22Cl2N2. The molecule has 0 aliphatic heterocycles. The number of nitrogens with zero attached hydrogens (tertiary/aromatic N) is 2. The number of aromatic nitrogens is 2. The normalized spacial score (nSPS) is 11.1. The van der Waals surface area contributed by atoms with Gasteiger partial charge in [0.25, 0.3) is 0 Å². The lowest BCUT2D eigenvalue weighted by Gasteiger charge is -2.10. The van der Waals surface area contributed by atoms with Crippen molar-refractivity contribution in [2.24, 2.45) is 0 Å². The number of hydrogen-bond acceptors (Lipinski definition) is 1. The van der Waals surface area contributed by atoms with E-state index in [4.69, 9.17) is 28.3 Å².